The van der Waals surface area contributed by atoms with E-state index in [4.69, 9.17) is 4.74 Å². The number of hydrogen-bond acceptors (Lipinski definition) is 6. The smallest absolute Gasteiger partial charge is 0.408 e. The van der Waals surface area contributed by atoms with E-state index in [1.807, 2.05) is 31.2 Å². The molecule has 3 aromatic rings. The van der Waals surface area contributed by atoms with Crippen molar-refractivity contribution in [2.45, 2.75) is 31.4 Å². The lowest BCUT2D eigenvalue weighted by Gasteiger charge is -2.29. The molecular formula is C26H28N4O4. The highest BCUT2D eigenvalue weighted by molar-refractivity contribution is 6.05. The largest absolute Gasteiger partial charge is 0.506 e. The van der Waals surface area contributed by atoms with E-state index in [1.165, 1.54) is 6.07 Å². The number of anilines is 1. The van der Waals surface area contributed by atoms with E-state index < -0.39 is 11.7 Å². The van der Waals surface area contributed by atoms with Crippen molar-refractivity contribution >= 4 is 17.7 Å². The summed E-state index contributed by atoms with van der Waals surface area (Å²) in [5.41, 5.74) is 1.76. The molecule has 4 N–H and O–H groups in total. The number of rotatable bonds is 7. The van der Waals surface area contributed by atoms with Gasteiger partial charge in [0, 0.05) is 36.5 Å². The molecule has 0 spiro atoms. The highest BCUT2D eigenvalue weighted by Crippen LogP contribution is 2.32. The van der Waals surface area contributed by atoms with Gasteiger partial charge in [0.2, 0.25) is 0 Å². The van der Waals surface area contributed by atoms with Gasteiger partial charge in [-0.1, -0.05) is 37.3 Å². The van der Waals surface area contributed by atoms with E-state index in [9.17, 15) is 14.7 Å². The molecule has 2 heterocycles. The average Bonchev–Trinajstić information content (AvgIpc) is 3.34. The van der Waals surface area contributed by atoms with Crippen molar-refractivity contribution < 1.29 is 19.4 Å². The number of para-hydroxylation sites is 2. The molecular weight excluding hydrogens is 432 g/mol. The molecule has 8 heteroatoms. The number of ether oxygens (including phenoxy) is 1. The lowest BCUT2D eigenvalue weighted by atomic mass is 9.94. The van der Waals surface area contributed by atoms with Gasteiger partial charge in [0.25, 0.3) is 5.91 Å². The highest BCUT2D eigenvalue weighted by atomic mass is 16.6. The number of benzene rings is 2. The van der Waals surface area contributed by atoms with Crippen molar-refractivity contribution in [1.29, 1.82) is 0 Å². The predicted octanol–water partition coefficient (Wildman–Crippen LogP) is 4.11. The van der Waals surface area contributed by atoms with Gasteiger partial charge in [-0.25, -0.2) is 4.79 Å². The zero-order valence-corrected chi connectivity index (χ0v) is 19.0. The van der Waals surface area contributed by atoms with Crippen LogP contribution in [0.5, 0.6) is 5.75 Å². The number of hydrogen-bond donors (Lipinski definition) is 4. The van der Waals surface area contributed by atoms with Gasteiger partial charge in [0.15, 0.2) is 5.60 Å². The van der Waals surface area contributed by atoms with Crippen molar-refractivity contribution in [3.63, 3.8) is 0 Å². The molecule has 2 aromatic carbocycles. The maximum absolute atomic E-state index is 12.9. The molecule has 34 heavy (non-hydrogen) atoms. The predicted molar refractivity (Wildman–Crippen MR) is 129 cm³/mol. The molecule has 176 valence electrons. The molecule has 4 rings (SSSR count). The summed E-state index contributed by atoms with van der Waals surface area (Å²) in [6.07, 6.45) is 4.25. The summed E-state index contributed by atoms with van der Waals surface area (Å²) >= 11 is 0. The van der Waals surface area contributed by atoms with Crippen molar-refractivity contribution in [1.82, 2.24) is 15.6 Å². The number of aromatic nitrogens is 1. The van der Waals surface area contributed by atoms with Crippen LogP contribution in [0.3, 0.4) is 0 Å². The van der Waals surface area contributed by atoms with Gasteiger partial charge in [-0.2, -0.15) is 0 Å². The fourth-order valence-electron chi connectivity index (χ4n) is 4.10. The topological polar surface area (TPSA) is 113 Å². The fraction of sp³-hybridized carbons (Fsp3) is 0.269. The summed E-state index contributed by atoms with van der Waals surface area (Å²) in [4.78, 5) is 29.6. The molecule has 1 aliphatic heterocycles. The second kappa shape index (κ2) is 10.4. The van der Waals surface area contributed by atoms with Crippen LogP contribution in [0.15, 0.2) is 73.1 Å². The van der Waals surface area contributed by atoms with Crippen LogP contribution in [0.4, 0.5) is 10.5 Å². The van der Waals surface area contributed by atoms with E-state index in [2.05, 4.69) is 20.9 Å². The third-order valence-electron chi connectivity index (χ3n) is 6.02. The third-order valence-corrected chi connectivity index (χ3v) is 6.02. The Labute approximate surface area is 198 Å². The number of nitrogens with one attached hydrogen (secondary N) is 3. The van der Waals surface area contributed by atoms with Crippen LogP contribution < -0.4 is 16.0 Å². The average molecular weight is 461 g/mol. The number of nitrogens with zero attached hydrogens (tertiary/aromatic N) is 1. The number of carbonyl (C=O) groups is 2. The second-order valence-electron chi connectivity index (χ2n) is 8.25. The fourth-order valence-corrected chi connectivity index (χ4v) is 4.10. The van der Waals surface area contributed by atoms with Crippen molar-refractivity contribution in [2.24, 2.45) is 0 Å². The summed E-state index contributed by atoms with van der Waals surface area (Å²) in [5, 5.41) is 18.8. The molecule has 0 unspecified atom stereocenters. The van der Waals surface area contributed by atoms with Crippen LogP contribution >= 0.6 is 0 Å². The van der Waals surface area contributed by atoms with Crippen molar-refractivity contribution in [3.05, 3.63) is 89.7 Å². The molecule has 0 aliphatic carbocycles. The molecule has 1 fully saturated rings. The van der Waals surface area contributed by atoms with Gasteiger partial charge < -0.3 is 25.8 Å². The molecule has 1 aliphatic rings. The summed E-state index contributed by atoms with van der Waals surface area (Å²) < 4.78 is 5.94. The van der Waals surface area contributed by atoms with Crippen LogP contribution in [-0.2, 0) is 10.3 Å². The Bertz CT molecular complexity index is 1130. The number of carbonyl (C=O) groups excluding carboxylic acids is 2. The Kier molecular flexibility index (Phi) is 7.08. The molecule has 1 aromatic heterocycles. The number of aromatic hydroxyl groups is 1. The van der Waals surface area contributed by atoms with Crippen LogP contribution in [0, 0.1) is 0 Å². The van der Waals surface area contributed by atoms with E-state index in [1.54, 1.807) is 42.7 Å². The van der Waals surface area contributed by atoms with E-state index in [-0.39, 0.29) is 17.7 Å². The van der Waals surface area contributed by atoms with Crippen LogP contribution in [0.2, 0.25) is 0 Å². The highest BCUT2D eigenvalue weighted by Gasteiger charge is 2.40. The Morgan fingerprint density at radius 3 is 2.59 bits per heavy atom. The summed E-state index contributed by atoms with van der Waals surface area (Å²) in [5.74, 6) is -0.330. The number of amides is 2. The first-order valence-electron chi connectivity index (χ1n) is 11.3. The molecule has 0 radical (unpaired) electrons. The maximum Gasteiger partial charge on any atom is 0.408 e. The minimum absolute atomic E-state index is 0.00254. The lowest BCUT2D eigenvalue weighted by Crippen LogP contribution is -2.40. The third kappa shape index (κ3) is 5.18. The SMILES string of the molecule is CC[C@H](NC(=O)O[C@@]1(c2cccnc2)CCNC1)c1ccc(C(=O)Nc2ccccc2O)cc1. The molecule has 2 atom stereocenters. The zero-order chi connectivity index (χ0) is 24.0. The number of pyridine rings is 1. The van der Waals surface area contributed by atoms with Crippen LogP contribution in [0.1, 0.15) is 47.3 Å². The van der Waals surface area contributed by atoms with E-state index in [0.717, 1.165) is 17.7 Å². The molecule has 2 amide bonds. The van der Waals surface area contributed by atoms with Gasteiger partial charge in [-0.05, 0) is 48.9 Å². The van der Waals surface area contributed by atoms with Gasteiger partial charge in [0.1, 0.15) is 5.75 Å². The summed E-state index contributed by atoms with van der Waals surface area (Å²) in [6, 6.07) is 17.0. The Morgan fingerprint density at radius 2 is 1.94 bits per heavy atom. The van der Waals surface area contributed by atoms with Crippen LogP contribution in [0.25, 0.3) is 0 Å². The lowest BCUT2D eigenvalue weighted by molar-refractivity contribution is 0.0205. The minimum Gasteiger partial charge on any atom is -0.506 e. The maximum atomic E-state index is 12.9. The number of phenols is 1. The van der Waals surface area contributed by atoms with E-state index >= 15 is 0 Å². The molecule has 0 saturated carbocycles. The molecule has 8 nitrogen and oxygen atoms in total. The Balaban J connectivity index is 1.41. The van der Waals surface area contributed by atoms with Crippen molar-refractivity contribution in [3.8, 4) is 5.75 Å². The van der Waals surface area contributed by atoms with E-state index in [0.29, 0.717) is 30.6 Å². The zero-order valence-electron chi connectivity index (χ0n) is 19.0. The normalized spacial score (nSPS) is 18.1. The van der Waals surface area contributed by atoms with Gasteiger partial charge in [0.05, 0.1) is 11.7 Å². The van der Waals surface area contributed by atoms with Crippen molar-refractivity contribution in [2.75, 3.05) is 18.4 Å². The first kappa shape index (κ1) is 23.3. The quantitative estimate of drug-likeness (QED) is 0.395. The Morgan fingerprint density at radius 1 is 1.15 bits per heavy atom. The first-order chi connectivity index (χ1) is 16.5. The first-order valence-corrected chi connectivity index (χ1v) is 11.3. The minimum atomic E-state index is -0.748. The van der Waals surface area contributed by atoms with Gasteiger partial charge in [-0.15, -0.1) is 0 Å². The standard InChI is InChI=1S/C26H28N4O4/c1-2-21(30-25(33)34-26(13-15-28-17-26)20-6-5-14-27-16-20)18-9-11-19(12-10-18)24(32)29-22-7-3-4-8-23(22)31/h3-12,14,16,21,28,31H,2,13,15,17H2,1H3,(H,29,32)(H,30,33)/t21-,26-/m0/s1. The second-order valence-corrected chi connectivity index (χ2v) is 8.25. The number of phenolic OH excluding ortho intramolecular Hbond substituents is 1. The van der Waals surface area contributed by atoms with Crippen LogP contribution in [-0.4, -0.2) is 35.2 Å². The summed E-state index contributed by atoms with van der Waals surface area (Å²) in [6.45, 7) is 3.26. The Hall–Kier alpha value is -3.91. The summed E-state index contributed by atoms with van der Waals surface area (Å²) in [7, 11) is 0. The number of alkyl carbamates (subject to hydrolysis) is 1. The molecule has 0 bridgehead atoms. The molecule has 1 saturated heterocycles. The van der Waals surface area contributed by atoms with Gasteiger partial charge >= 0.3 is 6.09 Å². The monoisotopic (exact) mass is 460 g/mol. The van der Waals surface area contributed by atoms with Gasteiger partial charge in [-0.3, -0.25) is 9.78 Å².